The van der Waals surface area contributed by atoms with E-state index < -0.39 is 29.6 Å². The lowest BCUT2D eigenvalue weighted by Gasteiger charge is -2.31. The molecule has 2 aromatic carbocycles. The van der Waals surface area contributed by atoms with E-state index in [-0.39, 0.29) is 13.1 Å². The van der Waals surface area contributed by atoms with Gasteiger partial charge in [0.1, 0.15) is 23.9 Å². The molecule has 0 aliphatic rings. The Bertz CT molecular complexity index is 1040. The molecule has 0 heterocycles. The fourth-order valence-electron chi connectivity index (χ4n) is 3.58. The van der Waals surface area contributed by atoms with Gasteiger partial charge in [-0.05, 0) is 64.4 Å². The van der Waals surface area contributed by atoms with Crippen molar-refractivity contribution >= 4 is 23.6 Å². The monoisotopic (exact) mass is 481 g/mol. The molecule has 0 aliphatic carbocycles. The molecule has 0 bridgehead atoms. The number of methoxy groups -OCH3 is 1. The second-order valence-corrected chi connectivity index (χ2v) is 9.23. The summed E-state index contributed by atoms with van der Waals surface area (Å²) in [7, 11) is 1.56. The van der Waals surface area contributed by atoms with Gasteiger partial charge in [0.25, 0.3) is 5.91 Å². The van der Waals surface area contributed by atoms with Gasteiger partial charge < -0.3 is 25.0 Å². The average Bonchev–Trinajstić information content (AvgIpc) is 2.76. The molecule has 188 valence electrons. The van der Waals surface area contributed by atoms with Crippen molar-refractivity contribution in [3.05, 3.63) is 71.8 Å². The Morgan fingerprint density at radius 1 is 1.06 bits per heavy atom. The number of hydrogen-bond donors (Lipinski definition) is 2. The number of carbonyl (C=O) groups is 3. The van der Waals surface area contributed by atoms with Gasteiger partial charge in [0, 0.05) is 12.2 Å². The van der Waals surface area contributed by atoms with Gasteiger partial charge in [-0.2, -0.15) is 0 Å². The number of alkyl carbamates (subject to hydrolysis) is 1. The van der Waals surface area contributed by atoms with Crippen molar-refractivity contribution in [2.45, 2.75) is 46.3 Å². The summed E-state index contributed by atoms with van der Waals surface area (Å²) in [6.45, 7) is 12.6. The third kappa shape index (κ3) is 8.48. The van der Waals surface area contributed by atoms with Crippen LogP contribution >= 0.6 is 0 Å². The van der Waals surface area contributed by atoms with Gasteiger partial charge in [0.15, 0.2) is 0 Å². The molecule has 0 radical (unpaired) electrons. The topological polar surface area (TPSA) is 97.0 Å². The Balaban J connectivity index is 2.36. The Kier molecular flexibility index (Phi) is 9.45. The molecular formula is C27H35N3O5. The van der Waals surface area contributed by atoms with Gasteiger partial charge in [-0.3, -0.25) is 9.59 Å². The van der Waals surface area contributed by atoms with E-state index in [9.17, 15) is 14.4 Å². The van der Waals surface area contributed by atoms with Gasteiger partial charge in [-0.15, -0.1) is 6.58 Å². The quantitative estimate of drug-likeness (QED) is 0.513. The summed E-state index contributed by atoms with van der Waals surface area (Å²) in [4.78, 5) is 40.3. The van der Waals surface area contributed by atoms with E-state index in [4.69, 9.17) is 9.47 Å². The molecule has 0 aromatic heterocycles. The number of nitrogens with zero attached hydrogens (tertiary/aromatic N) is 1. The zero-order valence-corrected chi connectivity index (χ0v) is 21.3. The molecule has 2 N–H and O–H groups in total. The molecule has 3 amide bonds. The lowest BCUT2D eigenvalue weighted by atomic mass is 9.99. The first-order chi connectivity index (χ1) is 16.4. The number of carbonyl (C=O) groups excluding carboxylic acids is 3. The summed E-state index contributed by atoms with van der Waals surface area (Å²) in [6.07, 6.45) is 0.830. The van der Waals surface area contributed by atoms with E-state index in [2.05, 4.69) is 17.2 Å². The van der Waals surface area contributed by atoms with Crippen molar-refractivity contribution in [2.75, 3.05) is 25.5 Å². The highest BCUT2D eigenvalue weighted by molar-refractivity contribution is 5.98. The molecule has 1 atom stereocenters. The van der Waals surface area contributed by atoms with Crippen LogP contribution in [0.5, 0.6) is 5.75 Å². The highest BCUT2D eigenvalue weighted by atomic mass is 16.6. The fourth-order valence-corrected chi connectivity index (χ4v) is 3.58. The SMILES string of the molecule is C=CCN(C(=O)CNC(=O)OC(C)(C)C)C(C(=O)Nc1ccc(OC)cc1)c1cc(C)cc(C)c1. The third-order valence-corrected chi connectivity index (χ3v) is 4.91. The molecule has 0 aliphatic heterocycles. The molecule has 8 nitrogen and oxygen atoms in total. The standard InChI is InChI=1S/C27H35N3O5/c1-8-13-30(23(31)17-28-26(33)35-27(4,5)6)24(20-15-18(2)14-19(3)16-20)25(32)29-21-9-11-22(34-7)12-10-21/h8-12,14-16,24H,1,13,17H2,2-7H3,(H,28,33)(H,29,32). The molecule has 0 saturated carbocycles. The lowest BCUT2D eigenvalue weighted by molar-refractivity contribution is -0.137. The molecule has 2 aromatic rings. The minimum absolute atomic E-state index is 0.0997. The first-order valence-corrected chi connectivity index (χ1v) is 11.3. The highest BCUT2D eigenvalue weighted by Crippen LogP contribution is 2.26. The van der Waals surface area contributed by atoms with Gasteiger partial charge >= 0.3 is 6.09 Å². The van der Waals surface area contributed by atoms with Crippen LogP contribution in [0.25, 0.3) is 0 Å². The van der Waals surface area contributed by atoms with Gasteiger partial charge in [-0.1, -0.05) is 35.4 Å². The lowest BCUT2D eigenvalue weighted by Crippen LogP contribution is -2.46. The van der Waals surface area contributed by atoms with Crippen molar-refractivity contribution in [1.82, 2.24) is 10.2 Å². The van der Waals surface area contributed by atoms with E-state index in [0.29, 0.717) is 17.0 Å². The van der Waals surface area contributed by atoms with Crippen molar-refractivity contribution in [3.8, 4) is 5.75 Å². The summed E-state index contributed by atoms with van der Waals surface area (Å²) in [6, 6.07) is 11.7. The number of nitrogens with one attached hydrogen (secondary N) is 2. The summed E-state index contributed by atoms with van der Waals surface area (Å²) >= 11 is 0. The normalized spacial score (nSPS) is 11.7. The van der Waals surface area contributed by atoms with Crippen LogP contribution in [0.4, 0.5) is 10.5 Å². The molecule has 0 spiro atoms. The van der Waals surface area contributed by atoms with Crippen molar-refractivity contribution < 1.29 is 23.9 Å². The van der Waals surface area contributed by atoms with Crippen molar-refractivity contribution in [1.29, 1.82) is 0 Å². The Morgan fingerprint density at radius 3 is 2.17 bits per heavy atom. The van der Waals surface area contributed by atoms with Gasteiger partial charge in [-0.25, -0.2) is 4.79 Å². The van der Waals surface area contributed by atoms with Crippen molar-refractivity contribution in [3.63, 3.8) is 0 Å². The summed E-state index contributed by atoms with van der Waals surface area (Å²) < 4.78 is 10.4. The number of aryl methyl sites for hydroxylation is 2. The molecular weight excluding hydrogens is 446 g/mol. The maximum absolute atomic E-state index is 13.6. The summed E-state index contributed by atoms with van der Waals surface area (Å²) in [5, 5.41) is 5.36. The van der Waals surface area contributed by atoms with Gasteiger partial charge in [0.2, 0.25) is 5.91 Å². The number of anilines is 1. The molecule has 0 fully saturated rings. The smallest absolute Gasteiger partial charge is 0.408 e. The molecule has 2 rings (SSSR count). The summed E-state index contributed by atoms with van der Waals surface area (Å²) in [5.74, 6) is -0.192. The molecule has 0 saturated heterocycles. The number of benzene rings is 2. The average molecular weight is 482 g/mol. The highest BCUT2D eigenvalue weighted by Gasteiger charge is 2.31. The number of rotatable bonds is 9. The number of hydrogen-bond acceptors (Lipinski definition) is 5. The van der Waals surface area contributed by atoms with Crippen LogP contribution in [0.3, 0.4) is 0 Å². The van der Waals surface area contributed by atoms with E-state index in [1.807, 2.05) is 32.0 Å². The second kappa shape index (κ2) is 12.1. The molecule has 8 heteroatoms. The van der Waals surface area contributed by atoms with Crippen molar-refractivity contribution in [2.24, 2.45) is 0 Å². The van der Waals surface area contributed by atoms with Crippen LogP contribution in [-0.4, -0.2) is 48.6 Å². The van der Waals surface area contributed by atoms with Crippen LogP contribution in [-0.2, 0) is 14.3 Å². The fraction of sp³-hybridized carbons (Fsp3) is 0.370. The number of ether oxygens (including phenoxy) is 2. The van der Waals surface area contributed by atoms with Crippen LogP contribution in [0, 0.1) is 13.8 Å². The first-order valence-electron chi connectivity index (χ1n) is 11.3. The second-order valence-electron chi connectivity index (χ2n) is 9.23. The van der Waals surface area contributed by atoms with E-state index in [1.54, 1.807) is 58.2 Å². The Morgan fingerprint density at radius 2 is 1.66 bits per heavy atom. The first kappa shape index (κ1) is 27.4. The maximum atomic E-state index is 13.6. The number of amides is 3. The van der Waals surface area contributed by atoms with E-state index >= 15 is 0 Å². The molecule has 35 heavy (non-hydrogen) atoms. The van der Waals surface area contributed by atoms with E-state index in [0.717, 1.165) is 11.1 Å². The predicted molar refractivity (Wildman–Crippen MR) is 136 cm³/mol. The molecule has 1 unspecified atom stereocenters. The minimum Gasteiger partial charge on any atom is -0.497 e. The van der Waals surface area contributed by atoms with E-state index in [1.165, 1.54) is 4.90 Å². The zero-order chi connectivity index (χ0) is 26.2. The van der Waals surface area contributed by atoms with Crippen LogP contribution in [0.1, 0.15) is 43.5 Å². The third-order valence-electron chi connectivity index (χ3n) is 4.91. The van der Waals surface area contributed by atoms with Gasteiger partial charge in [0.05, 0.1) is 7.11 Å². The largest absolute Gasteiger partial charge is 0.497 e. The minimum atomic E-state index is -0.957. The Labute approximate surface area is 207 Å². The van der Waals surface area contributed by atoms with Crippen LogP contribution in [0.2, 0.25) is 0 Å². The zero-order valence-electron chi connectivity index (χ0n) is 21.3. The Hall–Kier alpha value is -3.81. The maximum Gasteiger partial charge on any atom is 0.408 e. The predicted octanol–water partition coefficient (Wildman–Crippen LogP) is 4.53. The van der Waals surface area contributed by atoms with Crippen LogP contribution < -0.4 is 15.4 Å². The van der Waals surface area contributed by atoms with Crippen LogP contribution in [0.15, 0.2) is 55.1 Å². The summed E-state index contributed by atoms with van der Waals surface area (Å²) in [5.41, 5.74) is 2.43.